The molecule has 0 fully saturated rings. The van der Waals surface area contributed by atoms with Gasteiger partial charge >= 0.3 is 0 Å². The molecule has 0 N–H and O–H groups in total. The van der Waals surface area contributed by atoms with Crippen LogP contribution in [-0.2, 0) is 0 Å². The van der Waals surface area contributed by atoms with Gasteiger partial charge in [0.2, 0.25) is 0 Å². The predicted molar refractivity (Wildman–Crippen MR) is 62.9 cm³/mol. The molecule has 0 aromatic heterocycles. The van der Waals surface area contributed by atoms with Gasteiger partial charge < -0.3 is 4.67 Å². The zero-order valence-corrected chi connectivity index (χ0v) is 9.45. The standard InChI is InChI=1S/C10H9N2O3P/c13-10-9-4-3-8(12(14)15)6-7(9)2-1-5-11(10)16/h1-4,6H,5,16H2. The third kappa shape index (κ3) is 1.82. The number of amides is 1. The van der Waals surface area contributed by atoms with Crippen LogP contribution in [0.15, 0.2) is 24.3 Å². The highest BCUT2D eigenvalue weighted by molar-refractivity contribution is 7.14. The van der Waals surface area contributed by atoms with E-state index in [9.17, 15) is 14.9 Å². The highest BCUT2D eigenvalue weighted by atomic mass is 31.0. The predicted octanol–water partition coefficient (Wildman–Crippen LogP) is 1.85. The van der Waals surface area contributed by atoms with Crippen LogP contribution >= 0.6 is 9.39 Å². The second kappa shape index (κ2) is 4.02. The van der Waals surface area contributed by atoms with Crippen LogP contribution in [0.3, 0.4) is 0 Å². The second-order valence-corrected chi connectivity index (χ2v) is 4.01. The van der Waals surface area contributed by atoms with E-state index in [1.165, 1.54) is 22.9 Å². The van der Waals surface area contributed by atoms with Gasteiger partial charge in [0, 0.05) is 24.2 Å². The van der Waals surface area contributed by atoms with E-state index in [0.29, 0.717) is 17.7 Å². The van der Waals surface area contributed by atoms with E-state index in [4.69, 9.17) is 0 Å². The van der Waals surface area contributed by atoms with E-state index >= 15 is 0 Å². The third-order valence-electron chi connectivity index (χ3n) is 2.34. The monoisotopic (exact) mass is 236 g/mol. The topological polar surface area (TPSA) is 63.4 Å². The molecule has 16 heavy (non-hydrogen) atoms. The highest BCUT2D eigenvalue weighted by Gasteiger charge is 2.19. The molecule has 5 nitrogen and oxygen atoms in total. The fourth-order valence-electron chi connectivity index (χ4n) is 1.53. The van der Waals surface area contributed by atoms with Crippen molar-refractivity contribution in [3.8, 4) is 0 Å². The molecule has 1 unspecified atom stereocenters. The molecule has 0 spiro atoms. The largest absolute Gasteiger partial charge is 0.320 e. The number of nitro groups is 1. The lowest BCUT2D eigenvalue weighted by Gasteiger charge is -2.13. The lowest BCUT2D eigenvalue weighted by atomic mass is 10.1. The molecule has 1 aromatic carbocycles. The molecule has 0 aliphatic carbocycles. The van der Waals surface area contributed by atoms with Crippen molar-refractivity contribution >= 4 is 27.1 Å². The SMILES string of the molecule is O=C1c2ccc([N+](=O)[O-])cc2C=CCN1P. The van der Waals surface area contributed by atoms with Crippen LogP contribution in [0.2, 0.25) is 0 Å². The molecular weight excluding hydrogens is 227 g/mol. The quantitative estimate of drug-likeness (QED) is 0.424. The summed E-state index contributed by atoms with van der Waals surface area (Å²) in [6.07, 6.45) is 3.52. The molecule has 0 radical (unpaired) electrons. The first-order valence-corrected chi connectivity index (χ1v) is 5.13. The van der Waals surface area contributed by atoms with Crippen molar-refractivity contribution in [1.82, 2.24) is 4.67 Å². The summed E-state index contributed by atoms with van der Waals surface area (Å²) in [5, 5.41) is 10.6. The van der Waals surface area contributed by atoms with E-state index in [1.807, 2.05) is 0 Å². The Hall–Kier alpha value is -1.74. The first kappa shape index (κ1) is 10.8. The zero-order valence-electron chi connectivity index (χ0n) is 8.29. The summed E-state index contributed by atoms with van der Waals surface area (Å²) in [4.78, 5) is 21.9. The minimum Gasteiger partial charge on any atom is -0.320 e. The van der Waals surface area contributed by atoms with Crippen molar-refractivity contribution in [1.29, 1.82) is 0 Å². The first-order valence-electron chi connectivity index (χ1n) is 4.61. The van der Waals surface area contributed by atoms with Gasteiger partial charge in [0.15, 0.2) is 0 Å². The van der Waals surface area contributed by atoms with Crippen LogP contribution in [0.4, 0.5) is 5.69 Å². The molecule has 0 saturated heterocycles. The Morgan fingerprint density at radius 2 is 2.19 bits per heavy atom. The van der Waals surface area contributed by atoms with Gasteiger partial charge in [-0.05, 0) is 21.0 Å². The maximum Gasteiger partial charge on any atom is 0.270 e. The molecular formula is C10H9N2O3P. The minimum atomic E-state index is -0.470. The Labute approximate surface area is 94.2 Å². The molecule has 2 rings (SSSR count). The summed E-state index contributed by atoms with van der Waals surface area (Å²) in [5.41, 5.74) is 1.06. The Bertz CT molecular complexity index is 499. The number of fused-ring (bicyclic) bond motifs is 1. The maximum absolute atomic E-state index is 11.8. The van der Waals surface area contributed by atoms with Gasteiger partial charge in [0.25, 0.3) is 11.6 Å². The second-order valence-electron chi connectivity index (χ2n) is 3.39. The molecule has 0 bridgehead atoms. The molecule has 1 heterocycles. The van der Waals surface area contributed by atoms with Gasteiger partial charge in [0.1, 0.15) is 0 Å². The average molecular weight is 236 g/mol. The smallest absolute Gasteiger partial charge is 0.270 e. The number of benzene rings is 1. The van der Waals surface area contributed by atoms with E-state index < -0.39 is 4.92 Å². The fraction of sp³-hybridized carbons (Fsp3) is 0.100. The summed E-state index contributed by atoms with van der Waals surface area (Å²) in [5.74, 6) is -0.153. The Balaban J connectivity index is 2.54. The van der Waals surface area contributed by atoms with Crippen LogP contribution in [0.25, 0.3) is 6.08 Å². The van der Waals surface area contributed by atoms with Crippen LogP contribution in [0, 0.1) is 10.1 Å². The zero-order chi connectivity index (χ0) is 11.7. The van der Waals surface area contributed by atoms with Gasteiger partial charge in [-0.3, -0.25) is 14.9 Å². The fourth-order valence-corrected chi connectivity index (χ4v) is 1.79. The summed E-state index contributed by atoms with van der Waals surface area (Å²) < 4.78 is 1.48. The van der Waals surface area contributed by atoms with Crippen molar-refractivity contribution in [3.05, 3.63) is 45.5 Å². The van der Waals surface area contributed by atoms with Crippen molar-refractivity contribution in [2.45, 2.75) is 0 Å². The van der Waals surface area contributed by atoms with E-state index in [0.717, 1.165) is 0 Å². The number of non-ortho nitro benzene ring substituents is 1. The Kier molecular flexibility index (Phi) is 2.71. The van der Waals surface area contributed by atoms with Crippen LogP contribution in [-0.4, -0.2) is 22.0 Å². The summed E-state index contributed by atoms with van der Waals surface area (Å²) in [6.45, 7) is 0.478. The maximum atomic E-state index is 11.8. The van der Waals surface area contributed by atoms with Crippen LogP contribution < -0.4 is 0 Å². The lowest BCUT2D eigenvalue weighted by molar-refractivity contribution is -0.384. The van der Waals surface area contributed by atoms with Crippen molar-refractivity contribution < 1.29 is 9.72 Å². The van der Waals surface area contributed by atoms with E-state index in [-0.39, 0.29) is 11.6 Å². The highest BCUT2D eigenvalue weighted by Crippen LogP contribution is 2.23. The molecule has 82 valence electrons. The Morgan fingerprint density at radius 1 is 1.44 bits per heavy atom. The van der Waals surface area contributed by atoms with Crippen molar-refractivity contribution in [2.75, 3.05) is 6.54 Å². The third-order valence-corrected chi connectivity index (χ3v) is 2.78. The van der Waals surface area contributed by atoms with Crippen LogP contribution in [0.5, 0.6) is 0 Å². The number of rotatable bonds is 1. The van der Waals surface area contributed by atoms with Crippen molar-refractivity contribution in [3.63, 3.8) is 0 Å². The van der Waals surface area contributed by atoms with Gasteiger partial charge in [0.05, 0.1) is 4.92 Å². The van der Waals surface area contributed by atoms with E-state index in [2.05, 4.69) is 9.39 Å². The average Bonchev–Trinajstić information content (AvgIpc) is 2.40. The number of nitro benzene ring substituents is 1. The first-order chi connectivity index (χ1) is 7.59. The number of hydrogen-bond donors (Lipinski definition) is 0. The summed E-state index contributed by atoms with van der Waals surface area (Å²) in [7, 11) is 2.33. The molecule has 1 amide bonds. The lowest BCUT2D eigenvalue weighted by Crippen LogP contribution is -2.20. The number of carbonyl (C=O) groups is 1. The molecule has 1 aliphatic rings. The molecule has 6 heteroatoms. The van der Waals surface area contributed by atoms with Crippen LogP contribution in [0.1, 0.15) is 15.9 Å². The van der Waals surface area contributed by atoms with Gasteiger partial charge in [-0.1, -0.05) is 12.2 Å². The molecule has 1 atom stereocenters. The van der Waals surface area contributed by atoms with Crippen molar-refractivity contribution in [2.24, 2.45) is 0 Å². The minimum absolute atomic E-state index is 0.00611. The number of hydrogen-bond acceptors (Lipinski definition) is 3. The number of nitrogens with zero attached hydrogens (tertiary/aromatic N) is 2. The normalized spacial score (nSPS) is 14.6. The van der Waals surface area contributed by atoms with E-state index in [1.54, 1.807) is 12.2 Å². The Morgan fingerprint density at radius 3 is 2.88 bits per heavy atom. The molecule has 0 saturated carbocycles. The van der Waals surface area contributed by atoms with Gasteiger partial charge in [-0.2, -0.15) is 0 Å². The summed E-state index contributed by atoms with van der Waals surface area (Å²) in [6, 6.07) is 4.24. The summed E-state index contributed by atoms with van der Waals surface area (Å²) >= 11 is 0. The number of carbonyl (C=O) groups excluding carboxylic acids is 1. The van der Waals surface area contributed by atoms with Gasteiger partial charge in [-0.25, -0.2) is 0 Å². The molecule has 1 aliphatic heterocycles. The van der Waals surface area contributed by atoms with Gasteiger partial charge in [-0.15, -0.1) is 0 Å². The molecule has 1 aromatic rings.